The zero-order valence-electron chi connectivity index (χ0n) is 13.2. The molecule has 1 unspecified atom stereocenters. The van der Waals surface area contributed by atoms with Crippen molar-refractivity contribution in [3.63, 3.8) is 0 Å². The number of amides is 1. The van der Waals surface area contributed by atoms with Crippen molar-refractivity contribution in [1.29, 1.82) is 0 Å². The number of carbonyl (C=O) groups is 3. The number of carboxylic acids is 2. The third-order valence-electron chi connectivity index (χ3n) is 3.42. The number of hydrogen-bond acceptors (Lipinski definition) is 5. The van der Waals surface area contributed by atoms with Crippen molar-refractivity contribution in [3.8, 4) is 0 Å². The van der Waals surface area contributed by atoms with Gasteiger partial charge in [-0.15, -0.1) is 0 Å². The SMILES string of the molecule is O=C(N[C@@H](CC(CCC=C[N+](=O)[O-])C(=O)O)C(=O)O)c1ccccc1. The molecular weight excluding hydrogens is 332 g/mol. The maximum absolute atomic E-state index is 12.0. The Bertz CT molecular complexity index is 658. The summed E-state index contributed by atoms with van der Waals surface area (Å²) in [5.41, 5.74) is 0.259. The Labute approximate surface area is 143 Å². The summed E-state index contributed by atoms with van der Waals surface area (Å²) in [5, 5.41) is 30.9. The molecule has 1 aromatic rings. The molecule has 9 nitrogen and oxygen atoms in total. The number of benzene rings is 1. The summed E-state index contributed by atoms with van der Waals surface area (Å²) >= 11 is 0. The first-order chi connectivity index (χ1) is 11.8. The molecular formula is C16H18N2O7. The molecule has 1 amide bonds. The molecule has 0 aliphatic carbocycles. The van der Waals surface area contributed by atoms with Gasteiger partial charge in [-0.05, 0) is 37.5 Å². The summed E-state index contributed by atoms with van der Waals surface area (Å²) in [6.45, 7) is 0. The van der Waals surface area contributed by atoms with Crippen LogP contribution in [-0.4, -0.2) is 39.0 Å². The van der Waals surface area contributed by atoms with Crippen LogP contribution < -0.4 is 5.32 Å². The second-order valence-electron chi connectivity index (χ2n) is 5.25. The van der Waals surface area contributed by atoms with E-state index in [0.717, 1.165) is 0 Å². The molecule has 2 atom stereocenters. The molecule has 134 valence electrons. The molecule has 1 aromatic carbocycles. The second kappa shape index (κ2) is 9.81. The third kappa shape index (κ3) is 7.25. The Morgan fingerprint density at radius 3 is 2.32 bits per heavy atom. The molecule has 0 aliphatic rings. The summed E-state index contributed by atoms with van der Waals surface area (Å²) < 4.78 is 0. The number of aliphatic carboxylic acids is 2. The minimum atomic E-state index is -1.38. The first-order valence-electron chi connectivity index (χ1n) is 7.43. The van der Waals surface area contributed by atoms with Gasteiger partial charge in [0.15, 0.2) is 0 Å². The zero-order chi connectivity index (χ0) is 18.8. The first kappa shape index (κ1) is 19.8. The van der Waals surface area contributed by atoms with Crippen LogP contribution in [0.25, 0.3) is 0 Å². The molecule has 3 N–H and O–H groups in total. The van der Waals surface area contributed by atoms with Crippen LogP contribution in [0.1, 0.15) is 29.6 Å². The van der Waals surface area contributed by atoms with Crippen LogP contribution in [0.3, 0.4) is 0 Å². The van der Waals surface area contributed by atoms with Crippen LogP contribution >= 0.6 is 0 Å². The summed E-state index contributed by atoms with van der Waals surface area (Å²) in [4.78, 5) is 44.2. The molecule has 0 heterocycles. The molecule has 0 aromatic heterocycles. The lowest BCUT2D eigenvalue weighted by Crippen LogP contribution is -2.43. The summed E-state index contributed by atoms with van der Waals surface area (Å²) in [6, 6.07) is 6.56. The minimum absolute atomic E-state index is 0.0185. The minimum Gasteiger partial charge on any atom is -0.481 e. The van der Waals surface area contributed by atoms with Gasteiger partial charge in [0.25, 0.3) is 5.91 Å². The summed E-state index contributed by atoms with van der Waals surface area (Å²) in [5.74, 6) is -4.26. The molecule has 0 spiro atoms. The molecule has 0 saturated carbocycles. The van der Waals surface area contributed by atoms with Crippen molar-refractivity contribution in [1.82, 2.24) is 5.32 Å². The van der Waals surface area contributed by atoms with E-state index in [1.54, 1.807) is 18.2 Å². The van der Waals surface area contributed by atoms with Crippen molar-refractivity contribution in [2.45, 2.75) is 25.3 Å². The lowest BCUT2D eigenvalue weighted by atomic mass is 9.94. The third-order valence-corrected chi connectivity index (χ3v) is 3.42. The maximum Gasteiger partial charge on any atom is 0.326 e. The van der Waals surface area contributed by atoms with Crippen molar-refractivity contribution in [2.75, 3.05) is 0 Å². The van der Waals surface area contributed by atoms with Crippen LogP contribution in [-0.2, 0) is 9.59 Å². The lowest BCUT2D eigenvalue weighted by molar-refractivity contribution is -0.402. The average Bonchev–Trinajstić information content (AvgIpc) is 2.56. The fourth-order valence-corrected chi connectivity index (χ4v) is 2.14. The normalized spacial score (nSPS) is 13.1. The Morgan fingerprint density at radius 1 is 1.16 bits per heavy atom. The largest absolute Gasteiger partial charge is 0.481 e. The molecule has 0 fully saturated rings. The van der Waals surface area contributed by atoms with Gasteiger partial charge in [0.1, 0.15) is 6.04 Å². The molecule has 0 bridgehead atoms. The van der Waals surface area contributed by atoms with E-state index >= 15 is 0 Å². The average molecular weight is 350 g/mol. The second-order valence-corrected chi connectivity index (χ2v) is 5.25. The van der Waals surface area contributed by atoms with E-state index in [4.69, 9.17) is 0 Å². The highest BCUT2D eigenvalue weighted by Crippen LogP contribution is 2.16. The van der Waals surface area contributed by atoms with Crippen molar-refractivity contribution >= 4 is 17.8 Å². The molecule has 0 saturated heterocycles. The Hall–Kier alpha value is -3.23. The molecule has 0 radical (unpaired) electrons. The van der Waals surface area contributed by atoms with Gasteiger partial charge in [0.05, 0.1) is 10.8 Å². The van der Waals surface area contributed by atoms with Gasteiger partial charge in [0, 0.05) is 5.56 Å². The summed E-state index contributed by atoms with van der Waals surface area (Å²) in [6.07, 6.45) is 1.70. The predicted octanol–water partition coefficient (Wildman–Crippen LogP) is 1.53. The zero-order valence-corrected chi connectivity index (χ0v) is 13.2. The van der Waals surface area contributed by atoms with E-state index in [2.05, 4.69) is 5.32 Å². The number of nitrogens with zero attached hydrogens (tertiary/aromatic N) is 1. The predicted molar refractivity (Wildman–Crippen MR) is 86.4 cm³/mol. The fourth-order valence-electron chi connectivity index (χ4n) is 2.14. The van der Waals surface area contributed by atoms with E-state index in [9.17, 15) is 34.7 Å². The van der Waals surface area contributed by atoms with Gasteiger partial charge in [-0.25, -0.2) is 4.79 Å². The van der Waals surface area contributed by atoms with Crippen molar-refractivity contribution in [3.05, 3.63) is 58.3 Å². The van der Waals surface area contributed by atoms with Gasteiger partial charge < -0.3 is 15.5 Å². The topological polar surface area (TPSA) is 147 Å². The molecule has 1 rings (SSSR count). The number of carboxylic acid groups (broad SMARTS) is 2. The van der Waals surface area contributed by atoms with Crippen LogP contribution in [0.5, 0.6) is 0 Å². The van der Waals surface area contributed by atoms with Crippen LogP contribution in [0.4, 0.5) is 0 Å². The summed E-state index contributed by atoms with van der Waals surface area (Å²) in [7, 11) is 0. The quantitative estimate of drug-likeness (QED) is 0.428. The number of hydrogen-bond donors (Lipinski definition) is 3. The standard InChI is InChI=1S/C16H18N2O7/c19-14(11-6-2-1-3-7-11)17-13(16(22)23)10-12(15(20)21)8-4-5-9-18(24)25/h1-3,5-7,9,12-13H,4,8,10H2,(H,17,19)(H,20,21)(H,22,23)/t12?,13-/m0/s1. The molecule has 25 heavy (non-hydrogen) atoms. The van der Waals surface area contributed by atoms with E-state index in [1.807, 2.05) is 0 Å². The van der Waals surface area contributed by atoms with Crippen LogP contribution in [0.15, 0.2) is 42.6 Å². The van der Waals surface area contributed by atoms with Crippen LogP contribution in [0.2, 0.25) is 0 Å². The number of nitrogens with one attached hydrogen (secondary N) is 1. The first-order valence-corrected chi connectivity index (χ1v) is 7.43. The Morgan fingerprint density at radius 2 is 1.80 bits per heavy atom. The highest BCUT2D eigenvalue weighted by molar-refractivity contribution is 5.96. The number of rotatable bonds is 10. The highest BCUT2D eigenvalue weighted by atomic mass is 16.6. The van der Waals surface area contributed by atoms with Gasteiger partial charge in [-0.1, -0.05) is 18.2 Å². The van der Waals surface area contributed by atoms with Gasteiger partial charge >= 0.3 is 11.9 Å². The Kier molecular flexibility index (Phi) is 7.77. The smallest absolute Gasteiger partial charge is 0.326 e. The van der Waals surface area contributed by atoms with E-state index in [1.165, 1.54) is 18.2 Å². The Balaban J connectivity index is 2.72. The number of nitro groups is 1. The van der Waals surface area contributed by atoms with Crippen LogP contribution in [0, 0.1) is 16.0 Å². The van der Waals surface area contributed by atoms with E-state index in [-0.39, 0.29) is 24.8 Å². The lowest BCUT2D eigenvalue weighted by Gasteiger charge is -2.18. The van der Waals surface area contributed by atoms with E-state index in [0.29, 0.717) is 6.20 Å². The number of carbonyl (C=O) groups excluding carboxylic acids is 1. The monoisotopic (exact) mass is 350 g/mol. The maximum atomic E-state index is 12.0. The molecule has 9 heteroatoms. The van der Waals surface area contributed by atoms with Gasteiger partial charge in [-0.3, -0.25) is 19.7 Å². The fraction of sp³-hybridized carbons (Fsp3) is 0.312. The van der Waals surface area contributed by atoms with Crippen molar-refractivity contribution in [2.24, 2.45) is 5.92 Å². The van der Waals surface area contributed by atoms with Gasteiger partial charge in [-0.2, -0.15) is 0 Å². The van der Waals surface area contributed by atoms with Gasteiger partial charge in [0.2, 0.25) is 6.20 Å². The van der Waals surface area contributed by atoms with E-state index < -0.39 is 34.7 Å². The van der Waals surface area contributed by atoms with Crippen molar-refractivity contribution < 1.29 is 29.5 Å². The number of allylic oxidation sites excluding steroid dienone is 1. The highest BCUT2D eigenvalue weighted by Gasteiger charge is 2.28. The molecule has 0 aliphatic heterocycles.